The minimum atomic E-state index is -0.0925. The zero-order valence-electron chi connectivity index (χ0n) is 12.1. The summed E-state index contributed by atoms with van der Waals surface area (Å²) < 4.78 is 13.8. The van der Waals surface area contributed by atoms with Crippen LogP contribution in [-0.2, 0) is 0 Å². The predicted octanol–water partition coefficient (Wildman–Crippen LogP) is 4.84. The normalized spacial score (nSPS) is 18.5. The molecule has 0 amide bonds. The van der Waals surface area contributed by atoms with E-state index in [2.05, 4.69) is 12.2 Å². The number of hydrogen-bond acceptors (Lipinski definition) is 2. The number of rotatable bonds is 4. The van der Waals surface area contributed by atoms with E-state index in [1.54, 1.807) is 6.07 Å². The maximum absolute atomic E-state index is 13.8. The molecule has 1 aliphatic carbocycles. The lowest BCUT2D eigenvalue weighted by Gasteiger charge is -2.24. The first-order chi connectivity index (χ1) is 9.11. The molecule has 1 unspecified atom stereocenters. The Morgan fingerprint density at radius 3 is 2.58 bits per heavy atom. The van der Waals surface area contributed by atoms with E-state index in [0.29, 0.717) is 5.25 Å². The van der Waals surface area contributed by atoms with Gasteiger partial charge in [0.1, 0.15) is 5.82 Å². The van der Waals surface area contributed by atoms with Crippen molar-refractivity contribution in [1.29, 1.82) is 0 Å². The van der Waals surface area contributed by atoms with Crippen molar-refractivity contribution >= 4 is 11.8 Å². The average molecular weight is 281 g/mol. The standard InChI is InChI=1S/C16H24FNS/c1-11-9-16(19-13-7-5-4-6-8-13)14(10-15(11)17)12(2)18-3/h9-10,12-13,18H,4-8H2,1-3H3. The Morgan fingerprint density at radius 1 is 1.26 bits per heavy atom. The average Bonchev–Trinajstić information content (AvgIpc) is 2.43. The lowest BCUT2D eigenvalue weighted by Crippen LogP contribution is -2.15. The Balaban J connectivity index is 2.23. The molecule has 0 saturated heterocycles. The maximum Gasteiger partial charge on any atom is 0.126 e. The highest BCUT2D eigenvalue weighted by Crippen LogP contribution is 2.38. The van der Waals surface area contributed by atoms with Crippen molar-refractivity contribution in [3.05, 3.63) is 29.1 Å². The molecular formula is C16H24FNS. The molecule has 19 heavy (non-hydrogen) atoms. The summed E-state index contributed by atoms with van der Waals surface area (Å²) in [6.45, 7) is 3.95. The van der Waals surface area contributed by atoms with E-state index in [0.717, 1.165) is 11.1 Å². The van der Waals surface area contributed by atoms with Gasteiger partial charge in [-0.25, -0.2) is 4.39 Å². The van der Waals surface area contributed by atoms with E-state index in [4.69, 9.17) is 0 Å². The fourth-order valence-electron chi connectivity index (χ4n) is 2.63. The van der Waals surface area contributed by atoms with Crippen LogP contribution < -0.4 is 5.32 Å². The third-order valence-electron chi connectivity index (χ3n) is 4.04. The van der Waals surface area contributed by atoms with Gasteiger partial charge in [-0.15, -0.1) is 11.8 Å². The molecular weight excluding hydrogens is 257 g/mol. The third kappa shape index (κ3) is 3.73. The van der Waals surface area contributed by atoms with Crippen molar-refractivity contribution in [2.45, 2.75) is 62.1 Å². The fraction of sp³-hybridized carbons (Fsp3) is 0.625. The number of aryl methyl sites for hydroxylation is 1. The summed E-state index contributed by atoms with van der Waals surface area (Å²) in [7, 11) is 1.93. The number of thioether (sulfide) groups is 1. The molecule has 0 spiro atoms. The molecule has 1 saturated carbocycles. The molecule has 0 aromatic heterocycles. The number of hydrogen-bond donors (Lipinski definition) is 1. The van der Waals surface area contributed by atoms with Gasteiger partial charge in [-0.05, 0) is 57.0 Å². The van der Waals surface area contributed by atoms with Gasteiger partial charge < -0.3 is 5.32 Å². The first kappa shape index (κ1) is 14.9. The minimum absolute atomic E-state index is 0.0925. The highest BCUT2D eigenvalue weighted by molar-refractivity contribution is 8.00. The van der Waals surface area contributed by atoms with Crippen molar-refractivity contribution < 1.29 is 4.39 Å². The highest BCUT2D eigenvalue weighted by Gasteiger charge is 2.19. The largest absolute Gasteiger partial charge is 0.313 e. The molecule has 1 fully saturated rings. The van der Waals surface area contributed by atoms with E-state index >= 15 is 0 Å². The summed E-state index contributed by atoms with van der Waals surface area (Å²) in [5.74, 6) is -0.0925. The van der Waals surface area contributed by atoms with E-state index in [9.17, 15) is 4.39 Å². The predicted molar refractivity (Wildman–Crippen MR) is 81.3 cm³/mol. The quantitative estimate of drug-likeness (QED) is 0.847. The third-order valence-corrected chi connectivity index (χ3v) is 5.45. The van der Waals surface area contributed by atoms with E-state index < -0.39 is 0 Å². The zero-order chi connectivity index (χ0) is 13.8. The second-order valence-electron chi connectivity index (χ2n) is 5.53. The summed E-state index contributed by atoms with van der Waals surface area (Å²) in [4.78, 5) is 1.26. The van der Waals surface area contributed by atoms with Crippen LogP contribution in [0.25, 0.3) is 0 Å². The van der Waals surface area contributed by atoms with Crippen LogP contribution in [0.2, 0.25) is 0 Å². The van der Waals surface area contributed by atoms with Crippen LogP contribution >= 0.6 is 11.8 Å². The van der Waals surface area contributed by atoms with Crippen molar-refractivity contribution in [3.8, 4) is 0 Å². The molecule has 0 aliphatic heterocycles. The summed E-state index contributed by atoms with van der Waals surface area (Å²) >= 11 is 1.95. The van der Waals surface area contributed by atoms with Crippen LogP contribution in [0.3, 0.4) is 0 Å². The molecule has 1 aromatic carbocycles. The zero-order valence-corrected chi connectivity index (χ0v) is 12.9. The van der Waals surface area contributed by atoms with Crippen molar-refractivity contribution in [1.82, 2.24) is 5.32 Å². The molecule has 0 heterocycles. The van der Waals surface area contributed by atoms with Gasteiger partial charge in [0.25, 0.3) is 0 Å². The van der Waals surface area contributed by atoms with Crippen LogP contribution in [0, 0.1) is 12.7 Å². The maximum atomic E-state index is 13.8. The Bertz CT molecular complexity index is 427. The molecule has 1 atom stereocenters. The second-order valence-corrected chi connectivity index (χ2v) is 6.87. The molecule has 1 N–H and O–H groups in total. The molecule has 0 radical (unpaired) electrons. The molecule has 2 rings (SSSR count). The van der Waals surface area contributed by atoms with Crippen molar-refractivity contribution in [2.24, 2.45) is 0 Å². The van der Waals surface area contributed by atoms with Gasteiger partial charge in [-0.3, -0.25) is 0 Å². The van der Waals surface area contributed by atoms with Gasteiger partial charge in [0.2, 0.25) is 0 Å². The molecule has 1 aliphatic rings. The Kier molecular flexibility index (Phi) is 5.28. The summed E-state index contributed by atoms with van der Waals surface area (Å²) in [6.07, 6.45) is 6.66. The molecule has 1 nitrogen and oxygen atoms in total. The van der Waals surface area contributed by atoms with Gasteiger partial charge in [-0.2, -0.15) is 0 Å². The second kappa shape index (κ2) is 6.76. The summed E-state index contributed by atoms with van der Waals surface area (Å²) in [5.41, 5.74) is 1.85. The first-order valence-corrected chi connectivity index (χ1v) is 8.13. The highest BCUT2D eigenvalue weighted by atomic mass is 32.2. The van der Waals surface area contributed by atoms with Gasteiger partial charge in [0.15, 0.2) is 0 Å². The van der Waals surface area contributed by atoms with Crippen LogP contribution in [0.5, 0.6) is 0 Å². The van der Waals surface area contributed by atoms with E-state index in [-0.39, 0.29) is 11.9 Å². The lowest BCUT2D eigenvalue weighted by atomic mass is 10.0. The summed E-state index contributed by atoms with van der Waals surface area (Å²) in [5, 5.41) is 3.94. The fourth-order valence-corrected chi connectivity index (χ4v) is 4.17. The molecule has 106 valence electrons. The lowest BCUT2D eigenvalue weighted by molar-refractivity contribution is 0.515. The molecule has 0 bridgehead atoms. The van der Waals surface area contributed by atoms with Gasteiger partial charge >= 0.3 is 0 Å². The Labute approximate surface area is 120 Å². The SMILES string of the molecule is CNC(C)c1cc(F)c(C)cc1SC1CCCCC1. The topological polar surface area (TPSA) is 12.0 Å². The van der Waals surface area contributed by atoms with E-state index in [1.165, 1.54) is 37.0 Å². The van der Waals surface area contributed by atoms with E-state index in [1.807, 2.05) is 31.8 Å². The smallest absolute Gasteiger partial charge is 0.126 e. The Hall–Kier alpha value is -0.540. The number of halogens is 1. The monoisotopic (exact) mass is 281 g/mol. The number of nitrogens with one attached hydrogen (secondary N) is 1. The van der Waals surface area contributed by atoms with Gasteiger partial charge in [-0.1, -0.05) is 19.3 Å². The van der Waals surface area contributed by atoms with Crippen LogP contribution in [0.1, 0.15) is 56.2 Å². The molecule has 3 heteroatoms. The first-order valence-electron chi connectivity index (χ1n) is 7.25. The number of benzene rings is 1. The van der Waals surface area contributed by atoms with Crippen molar-refractivity contribution in [3.63, 3.8) is 0 Å². The van der Waals surface area contributed by atoms with Crippen molar-refractivity contribution in [2.75, 3.05) is 7.05 Å². The van der Waals surface area contributed by atoms with Crippen LogP contribution in [0.4, 0.5) is 4.39 Å². The van der Waals surface area contributed by atoms with Gasteiger partial charge in [0.05, 0.1) is 0 Å². The van der Waals surface area contributed by atoms with Gasteiger partial charge in [0, 0.05) is 16.2 Å². The van der Waals surface area contributed by atoms with Crippen LogP contribution in [0.15, 0.2) is 17.0 Å². The summed E-state index contributed by atoms with van der Waals surface area (Å²) in [6, 6.07) is 3.93. The molecule has 1 aromatic rings. The van der Waals surface area contributed by atoms with Crippen LogP contribution in [-0.4, -0.2) is 12.3 Å². The Morgan fingerprint density at radius 2 is 1.95 bits per heavy atom. The minimum Gasteiger partial charge on any atom is -0.313 e.